The summed E-state index contributed by atoms with van der Waals surface area (Å²) >= 11 is 1.50. The van der Waals surface area contributed by atoms with Gasteiger partial charge < -0.3 is 9.72 Å². The van der Waals surface area contributed by atoms with Crippen LogP contribution in [0.4, 0.5) is 0 Å². The van der Waals surface area contributed by atoms with Gasteiger partial charge in [-0.3, -0.25) is 4.79 Å². The van der Waals surface area contributed by atoms with E-state index in [4.69, 9.17) is 4.74 Å². The molecule has 0 aliphatic rings. The van der Waals surface area contributed by atoms with Crippen molar-refractivity contribution in [2.75, 3.05) is 12.4 Å². The highest BCUT2D eigenvalue weighted by molar-refractivity contribution is 7.99. The van der Waals surface area contributed by atoms with Crippen LogP contribution in [0, 0.1) is 13.8 Å². The molecule has 0 radical (unpaired) electrons. The third kappa shape index (κ3) is 4.91. The van der Waals surface area contributed by atoms with Gasteiger partial charge in [0.1, 0.15) is 5.75 Å². The third-order valence-electron chi connectivity index (χ3n) is 3.12. The maximum Gasteiger partial charge on any atom is 0.251 e. The van der Waals surface area contributed by atoms with Gasteiger partial charge >= 0.3 is 0 Å². The predicted molar refractivity (Wildman–Crippen MR) is 91.1 cm³/mol. The van der Waals surface area contributed by atoms with Gasteiger partial charge in [-0.25, -0.2) is 4.98 Å². The van der Waals surface area contributed by atoms with Gasteiger partial charge in [-0.15, -0.1) is 0 Å². The highest BCUT2D eigenvalue weighted by Gasteiger charge is 2.06. The Morgan fingerprint density at radius 3 is 2.50 bits per heavy atom. The number of nitrogens with one attached hydrogen (secondary N) is 1. The Bertz CT molecular complexity index is 675. The van der Waals surface area contributed by atoms with Gasteiger partial charge in [0.25, 0.3) is 5.56 Å². The van der Waals surface area contributed by atoms with Gasteiger partial charge in [0, 0.05) is 11.8 Å². The molecule has 0 bridgehead atoms. The normalized spacial score (nSPS) is 11.0. The Balaban J connectivity index is 1.90. The van der Waals surface area contributed by atoms with E-state index in [0.717, 1.165) is 17.2 Å². The minimum atomic E-state index is -0.101. The summed E-state index contributed by atoms with van der Waals surface area (Å²) in [5.74, 6) is 1.86. The quantitative estimate of drug-likeness (QED) is 0.501. The number of hydrogen-bond acceptors (Lipinski definition) is 4. The van der Waals surface area contributed by atoms with Crippen LogP contribution < -0.4 is 10.3 Å². The standard InChI is InChI=1S/C17H22N2O2S/c1-11(2)15-10-16(20)19-17(18-15)22-6-5-21-14-8-12(3)7-13(4)9-14/h7-11H,5-6H2,1-4H3,(H,18,19,20). The smallest absolute Gasteiger partial charge is 0.251 e. The van der Waals surface area contributed by atoms with Crippen molar-refractivity contribution in [2.24, 2.45) is 0 Å². The number of thioether (sulfide) groups is 1. The number of nitrogens with zero attached hydrogens (tertiary/aromatic N) is 1. The molecule has 118 valence electrons. The second-order valence-corrected chi connectivity index (χ2v) is 6.73. The SMILES string of the molecule is Cc1cc(C)cc(OCCSc2nc(C(C)C)cc(=O)[nH]2)c1. The molecule has 22 heavy (non-hydrogen) atoms. The van der Waals surface area contributed by atoms with Crippen molar-refractivity contribution in [3.05, 3.63) is 51.4 Å². The van der Waals surface area contributed by atoms with Gasteiger partial charge in [0.2, 0.25) is 0 Å². The molecule has 4 nitrogen and oxygen atoms in total. The lowest BCUT2D eigenvalue weighted by atomic mass is 10.1. The van der Waals surface area contributed by atoms with Crippen molar-refractivity contribution in [1.29, 1.82) is 0 Å². The van der Waals surface area contributed by atoms with E-state index in [1.54, 1.807) is 6.07 Å². The molecule has 0 saturated carbocycles. The molecule has 0 aliphatic carbocycles. The van der Waals surface area contributed by atoms with Crippen molar-refractivity contribution in [3.8, 4) is 5.75 Å². The first-order chi connectivity index (χ1) is 10.4. The fourth-order valence-corrected chi connectivity index (χ4v) is 2.83. The van der Waals surface area contributed by atoms with E-state index in [9.17, 15) is 4.79 Å². The first-order valence-corrected chi connectivity index (χ1v) is 8.38. The maximum atomic E-state index is 11.6. The van der Waals surface area contributed by atoms with Crippen molar-refractivity contribution in [3.63, 3.8) is 0 Å². The summed E-state index contributed by atoms with van der Waals surface area (Å²) in [6, 6.07) is 7.72. The van der Waals surface area contributed by atoms with Crippen LogP contribution in [0.2, 0.25) is 0 Å². The monoisotopic (exact) mass is 318 g/mol. The highest BCUT2D eigenvalue weighted by atomic mass is 32.2. The van der Waals surface area contributed by atoms with Gasteiger partial charge in [-0.1, -0.05) is 31.7 Å². The number of rotatable bonds is 6. The number of ether oxygens (including phenoxy) is 1. The average Bonchev–Trinajstić information content (AvgIpc) is 2.42. The zero-order chi connectivity index (χ0) is 16.1. The molecule has 5 heteroatoms. The molecule has 0 unspecified atom stereocenters. The Hall–Kier alpha value is -1.75. The first kappa shape index (κ1) is 16.6. The first-order valence-electron chi connectivity index (χ1n) is 7.39. The van der Waals surface area contributed by atoms with Gasteiger partial charge in [0.15, 0.2) is 5.16 Å². The van der Waals surface area contributed by atoms with Crippen molar-refractivity contribution in [2.45, 2.75) is 38.8 Å². The molecule has 0 fully saturated rings. The van der Waals surface area contributed by atoms with Gasteiger partial charge in [0.05, 0.1) is 12.3 Å². The number of aryl methyl sites for hydroxylation is 2. The van der Waals surface area contributed by atoms with Crippen LogP contribution in [0.25, 0.3) is 0 Å². The molecule has 2 aromatic rings. The second kappa shape index (κ2) is 7.49. The second-order valence-electron chi connectivity index (χ2n) is 5.65. The molecular weight excluding hydrogens is 296 g/mol. The van der Waals surface area contributed by atoms with E-state index < -0.39 is 0 Å². The van der Waals surface area contributed by atoms with E-state index in [1.165, 1.54) is 22.9 Å². The molecule has 0 atom stereocenters. The molecular formula is C17H22N2O2S. The molecule has 0 spiro atoms. The van der Waals surface area contributed by atoms with Crippen LogP contribution in [-0.4, -0.2) is 22.3 Å². The number of H-pyrrole nitrogens is 1. The van der Waals surface area contributed by atoms with E-state index in [0.29, 0.717) is 11.8 Å². The molecule has 1 aromatic heterocycles. The molecule has 1 heterocycles. The molecule has 1 N–H and O–H groups in total. The molecule has 0 saturated heterocycles. The summed E-state index contributed by atoms with van der Waals surface area (Å²) in [6.07, 6.45) is 0. The Labute approximate surface area is 135 Å². The molecule has 0 aliphatic heterocycles. The van der Waals surface area contributed by atoms with Crippen LogP contribution in [0.1, 0.15) is 36.6 Å². The zero-order valence-electron chi connectivity index (χ0n) is 13.5. The minimum absolute atomic E-state index is 0.101. The fourth-order valence-electron chi connectivity index (χ4n) is 2.13. The maximum absolute atomic E-state index is 11.6. The summed E-state index contributed by atoms with van der Waals surface area (Å²) in [5, 5.41) is 0.653. The summed E-state index contributed by atoms with van der Waals surface area (Å²) in [7, 11) is 0. The number of aromatic nitrogens is 2. The van der Waals surface area contributed by atoms with Gasteiger partial charge in [-0.05, 0) is 43.0 Å². The van der Waals surface area contributed by atoms with Crippen molar-refractivity contribution in [1.82, 2.24) is 9.97 Å². The van der Waals surface area contributed by atoms with E-state index in [2.05, 4.69) is 29.9 Å². The van der Waals surface area contributed by atoms with Crippen LogP contribution in [-0.2, 0) is 0 Å². The number of hydrogen-bond donors (Lipinski definition) is 1. The van der Waals surface area contributed by atoms with Crippen molar-refractivity contribution >= 4 is 11.8 Å². The third-order valence-corrected chi connectivity index (χ3v) is 3.95. The van der Waals surface area contributed by atoms with Crippen LogP contribution >= 0.6 is 11.8 Å². The van der Waals surface area contributed by atoms with Crippen LogP contribution in [0.15, 0.2) is 34.2 Å². The van der Waals surface area contributed by atoms with E-state index in [-0.39, 0.29) is 11.5 Å². The lowest BCUT2D eigenvalue weighted by Gasteiger charge is -2.09. The molecule has 0 amide bonds. The Kier molecular flexibility index (Phi) is 5.66. The van der Waals surface area contributed by atoms with Crippen LogP contribution in [0.3, 0.4) is 0 Å². The summed E-state index contributed by atoms with van der Waals surface area (Å²) in [4.78, 5) is 18.8. The zero-order valence-corrected chi connectivity index (χ0v) is 14.3. The molecule has 2 rings (SSSR count). The lowest BCUT2D eigenvalue weighted by Crippen LogP contribution is -2.11. The number of aromatic amines is 1. The number of benzene rings is 1. The summed E-state index contributed by atoms with van der Waals surface area (Å²) < 4.78 is 5.76. The van der Waals surface area contributed by atoms with E-state index >= 15 is 0 Å². The Morgan fingerprint density at radius 1 is 1.18 bits per heavy atom. The summed E-state index contributed by atoms with van der Waals surface area (Å²) in [6.45, 7) is 8.74. The largest absolute Gasteiger partial charge is 0.493 e. The van der Waals surface area contributed by atoms with Gasteiger partial charge in [-0.2, -0.15) is 0 Å². The fraction of sp³-hybridized carbons (Fsp3) is 0.412. The average molecular weight is 318 g/mol. The lowest BCUT2D eigenvalue weighted by molar-refractivity contribution is 0.343. The summed E-state index contributed by atoms with van der Waals surface area (Å²) in [5.41, 5.74) is 3.11. The van der Waals surface area contributed by atoms with Crippen LogP contribution in [0.5, 0.6) is 5.75 Å². The Morgan fingerprint density at radius 2 is 1.86 bits per heavy atom. The van der Waals surface area contributed by atoms with E-state index in [1.807, 2.05) is 26.0 Å². The predicted octanol–water partition coefficient (Wildman–Crippen LogP) is 3.68. The molecule has 1 aromatic carbocycles. The minimum Gasteiger partial charge on any atom is -0.493 e. The van der Waals surface area contributed by atoms with Crippen molar-refractivity contribution < 1.29 is 4.74 Å². The highest BCUT2D eigenvalue weighted by Crippen LogP contribution is 2.18. The topological polar surface area (TPSA) is 55.0 Å².